The summed E-state index contributed by atoms with van der Waals surface area (Å²) < 4.78 is 5.53. The quantitative estimate of drug-likeness (QED) is 0.322. The fourth-order valence-electron chi connectivity index (χ4n) is 11.0. The van der Waals surface area contributed by atoms with Crippen molar-refractivity contribution in [3.63, 3.8) is 0 Å². The van der Waals surface area contributed by atoms with E-state index in [0.29, 0.717) is 5.69 Å². The molecule has 3 amide bonds. The average molecular weight is 657 g/mol. The molecule has 4 aliphatic rings. The van der Waals surface area contributed by atoms with E-state index in [0.717, 1.165) is 69.8 Å². The van der Waals surface area contributed by atoms with Crippen molar-refractivity contribution >= 4 is 23.6 Å². The fraction of sp³-hybridized carbons (Fsp3) is 0.634. The fourth-order valence-corrected chi connectivity index (χ4v) is 11.0. The monoisotopic (exact) mass is 656 g/mol. The molecule has 2 aromatic carbocycles. The number of aromatic hydroxyl groups is 1. The average Bonchev–Trinajstić information content (AvgIpc) is 3.00. The summed E-state index contributed by atoms with van der Waals surface area (Å²) in [5.74, 6) is 0.206. The van der Waals surface area contributed by atoms with Crippen molar-refractivity contribution < 1.29 is 24.2 Å². The van der Waals surface area contributed by atoms with Crippen LogP contribution in [-0.2, 0) is 38.0 Å². The van der Waals surface area contributed by atoms with E-state index in [-0.39, 0.29) is 34.3 Å². The lowest BCUT2D eigenvalue weighted by Crippen LogP contribution is -2.64. The summed E-state index contributed by atoms with van der Waals surface area (Å²) in [7, 11) is 1.73. The lowest BCUT2D eigenvalue weighted by atomic mass is 9.41. The number of phenols is 1. The summed E-state index contributed by atoms with van der Waals surface area (Å²) in [5, 5.41) is 13.3. The van der Waals surface area contributed by atoms with E-state index in [4.69, 9.17) is 4.74 Å². The number of fused-ring (bicyclic) bond motifs is 6. The number of carbonyl (C=O) groups excluding carboxylic acids is 3. The van der Waals surface area contributed by atoms with Gasteiger partial charge in [0.15, 0.2) is 0 Å². The molecule has 6 atom stereocenters. The van der Waals surface area contributed by atoms with Gasteiger partial charge in [-0.2, -0.15) is 0 Å². The van der Waals surface area contributed by atoms with E-state index in [2.05, 4.69) is 52.1 Å². The molecular formula is C41H56N2O5. The molecule has 0 unspecified atom stereocenters. The summed E-state index contributed by atoms with van der Waals surface area (Å²) in [4.78, 5) is 44.0. The number of carbonyl (C=O) groups is 3. The number of phenolic OH excluding ortho intramolecular Hbond substituents is 1. The molecule has 2 fully saturated rings. The van der Waals surface area contributed by atoms with Crippen LogP contribution in [0.1, 0.15) is 129 Å². The number of benzene rings is 2. The third kappa shape index (κ3) is 5.08. The zero-order valence-corrected chi connectivity index (χ0v) is 30.6. The van der Waals surface area contributed by atoms with Crippen LogP contribution in [0, 0.1) is 22.2 Å². The number of nitrogens with zero attached hydrogens (tertiary/aromatic N) is 1. The van der Waals surface area contributed by atoms with Crippen molar-refractivity contribution in [1.29, 1.82) is 0 Å². The lowest BCUT2D eigenvalue weighted by Gasteiger charge is -2.63. The molecule has 0 aromatic heterocycles. The second kappa shape index (κ2) is 11.3. The Bertz CT molecular complexity index is 1660. The van der Waals surface area contributed by atoms with Crippen LogP contribution in [0.4, 0.5) is 10.5 Å². The molecule has 4 aliphatic carbocycles. The maximum absolute atomic E-state index is 15.0. The third-order valence-electron chi connectivity index (χ3n) is 13.9. The Morgan fingerprint density at radius 3 is 2.21 bits per heavy atom. The summed E-state index contributed by atoms with van der Waals surface area (Å²) >= 11 is 0. The number of amides is 3. The van der Waals surface area contributed by atoms with Gasteiger partial charge in [0, 0.05) is 12.7 Å². The van der Waals surface area contributed by atoms with Crippen LogP contribution in [0.5, 0.6) is 5.75 Å². The van der Waals surface area contributed by atoms with Gasteiger partial charge in [-0.3, -0.25) is 19.8 Å². The lowest BCUT2D eigenvalue weighted by molar-refractivity contribution is -0.171. The second-order valence-corrected chi connectivity index (χ2v) is 17.6. The van der Waals surface area contributed by atoms with Gasteiger partial charge < -0.3 is 9.84 Å². The van der Waals surface area contributed by atoms with Crippen LogP contribution in [0.2, 0.25) is 0 Å². The first-order chi connectivity index (χ1) is 22.3. The molecule has 0 radical (unpaired) electrons. The Morgan fingerprint density at radius 1 is 0.833 bits per heavy atom. The topological polar surface area (TPSA) is 95.9 Å². The minimum Gasteiger partial charge on any atom is -0.508 e. The molecule has 2 aromatic rings. The molecule has 0 spiro atoms. The standard InChI is InChI=1S/C41H56N2O5/c1-36(2,3)48-35(47)42-28-15-12-27-18-23-41(8)39(6,31(27)24-28)21-11-22-40(41,7)34(46)43(9)33(45)38(5)20-10-19-37(4)30-25-29(44)16-13-26(30)14-17-32(37)38/h12-13,15-16,24-25,32,44H,10-11,14,17-23H2,1-9H3,(H,42,47)/t32-,37-,38+,39-,40-,41-/m1/s1. The Labute approximate surface area is 287 Å². The highest BCUT2D eigenvalue weighted by molar-refractivity contribution is 6.01. The minimum atomic E-state index is -0.754. The summed E-state index contributed by atoms with van der Waals surface area (Å²) in [6.07, 6.45) is 8.10. The van der Waals surface area contributed by atoms with Gasteiger partial charge in [0.25, 0.3) is 0 Å². The zero-order chi connectivity index (χ0) is 35.1. The first-order valence-corrected chi connectivity index (χ1v) is 18.1. The molecule has 0 saturated heterocycles. The molecule has 7 nitrogen and oxygen atoms in total. The Morgan fingerprint density at radius 2 is 1.50 bits per heavy atom. The molecule has 2 saturated carbocycles. The smallest absolute Gasteiger partial charge is 0.412 e. The van der Waals surface area contributed by atoms with Crippen molar-refractivity contribution in [1.82, 2.24) is 4.90 Å². The molecule has 2 N–H and O–H groups in total. The molecule has 6 rings (SSSR count). The highest BCUT2D eigenvalue weighted by atomic mass is 16.6. The SMILES string of the molecule is CN(C(=O)[C@@]1(C)CCC[C@]2(C)c3cc(O)ccc3CC[C@@H]12)C(=O)[C@@]1(C)CCC[C@]2(C)c3cc(NC(=O)OC(C)(C)C)ccc3CC[C@@]12C. The number of ether oxygens (including phenoxy) is 1. The first kappa shape index (κ1) is 34.5. The van der Waals surface area contributed by atoms with Gasteiger partial charge in [0.2, 0.25) is 11.8 Å². The Hall–Kier alpha value is -3.35. The summed E-state index contributed by atoms with van der Waals surface area (Å²) in [6, 6.07) is 11.9. The molecule has 0 aliphatic heterocycles. The molecule has 7 heteroatoms. The number of rotatable bonds is 3. The number of hydrogen-bond donors (Lipinski definition) is 2. The van der Waals surface area contributed by atoms with Crippen LogP contribution in [0.25, 0.3) is 0 Å². The van der Waals surface area contributed by atoms with Gasteiger partial charge >= 0.3 is 6.09 Å². The number of hydrogen-bond acceptors (Lipinski definition) is 5. The predicted octanol–water partition coefficient (Wildman–Crippen LogP) is 8.84. The molecular weight excluding hydrogens is 600 g/mol. The third-order valence-corrected chi connectivity index (χ3v) is 13.9. The van der Waals surface area contributed by atoms with Crippen molar-refractivity contribution in [2.24, 2.45) is 22.2 Å². The van der Waals surface area contributed by atoms with E-state index in [1.165, 1.54) is 21.6 Å². The van der Waals surface area contributed by atoms with Crippen LogP contribution in [0.15, 0.2) is 36.4 Å². The van der Waals surface area contributed by atoms with Gasteiger partial charge in [0.1, 0.15) is 11.4 Å². The largest absolute Gasteiger partial charge is 0.508 e. The number of aryl methyl sites for hydroxylation is 2. The van der Waals surface area contributed by atoms with Crippen LogP contribution >= 0.6 is 0 Å². The van der Waals surface area contributed by atoms with Crippen LogP contribution in [-0.4, -0.2) is 40.6 Å². The number of imide groups is 1. The second-order valence-electron chi connectivity index (χ2n) is 17.6. The van der Waals surface area contributed by atoms with Crippen LogP contribution < -0.4 is 5.32 Å². The first-order valence-electron chi connectivity index (χ1n) is 18.1. The van der Waals surface area contributed by atoms with E-state index in [1.54, 1.807) is 13.1 Å². The number of nitrogens with one attached hydrogen (secondary N) is 1. The van der Waals surface area contributed by atoms with Gasteiger partial charge in [-0.25, -0.2) is 4.79 Å². The maximum Gasteiger partial charge on any atom is 0.412 e. The van der Waals surface area contributed by atoms with Crippen LogP contribution in [0.3, 0.4) is 0 Å². The van der Waals surface area contributed by atoms with Crippen molar-refractivity contribution in [3.05, 3.63) is 58.7 Å². The summed E-state index contributed by atoms with van der Waals surface area (Å²) in [5.41, 5.74) is 2.52. The van der Waals surface area contributed by atoms with Crippen molar-refractivity contribution in [2.75, 3.05) is 12.4 Å². The van der Waals surface area contributed by atoms with Gasteiger partial charge in [-0.05, 0) is 141 Å². The van der Waals surface area contributed by atoms with E-state index in [9.17, 15) is 19.5 Å². The zero-order valence-electron chi connectivity index (χ0n) is 30.6. The highest BCUT2D eigenvalue weighted by Gasteiger charge is 2.65. The molecule has 48 heavy (non-hydrogen) atoms. The van der Waals surface area contributed by atoms with Crippen molar-refractivity contribution in [2.45, 2.75) is 136 Å². The number of anilines is 1. The maximum atomic E-state index is 15.0. The van der Waals surface area contributed by atoms with Gasteiger partial charge in [0.05, 0.1) is 10.8 Å². The molecule has 0 bridgehead atoms. The molecule has 260 valence electrons. The predicted molar refractivity (Wildman–Crippen MR) is 189 cm³/mol. The van der Waals surface area contributed by atoms with Gasteiger partial charge in [-0.15, -0.1) is 0 Å². The van der Waals surface area contributed by atoms with Gasteiger partial charge in [-0.1, -0.05) is 59.6 Å². The molecule has 0 heterocycles. The summed E-state index contributed by atoms with van der Waals surface area (Å²) in [6.45, 7) is 16.6. The van der Waals surface area contributed by atoms with E-state index >= 15 is 0 Å². The minimum absolute atomic E-state index is 0.0656. The Balaban J connectivity index is 1.30. The Kier molecular flexibility index (Phi) is 8.16. The normalized spacial score (nSPS) is 34.1. The highest BCUT2D eigenvalue weighted by Crippen LogP contribution is 2.66. The van der Waals surface area contributed by atoms with E-state index in [1.807, 2.05) is 39.0 Å². The van der Waals surface area contributed by atoms with Crippen molar-refractivity contribution in [3.8, 4) is 5.75 Å². The van der Waals surface area contributed by atoms with E-state index < -0.39 is 27.9 Å².